The van der Waals surface area contributed by atoms with Crippen molar-refractivity contribution >= 4 is 0 Å². The van der Waals surface area contributed by atoms with Crippen molar-refractivity contribution in [3.8, 4) is 11.7 Å². The monoisotopic (exact) mass is 272 g/mol. The van der Waals surface area contributed by atoms with Gasteiger partial charge in [0.05, 0.1) is 5.69 Å². The first kappa shape index (κ1) is 14.3. The van der Waals surface area contributed by atoms with E-state index < -0.39 is 0 Å². The summed E-state index contributed by atoms with van der Waals surface area (Å²) in [5, 5.41) is 7.55. The third-order valence-corrected chi connectivity index (χ3v) is 2.70. The van der Waals surface area contributed by atoms with Gasteiger partial charge in [0.2, 0.25) is 0 Å². The average Bonchev–Trinajstić information content (AvgIpc) is 2.95. The van der Waals surface area contributed by atoms with Gasteiger partial charge in [-0.25, -0.2) is 4.68 Å². The molecule has 1 aromatic heterocycles. The van der Waals surface area contributed by atoms with Crippen molar-refractivity contribution in [2.75, 3.05) is 19.7 Å². The van der Waals surface area contributed by atoms with Gasteiger partial charge in [0.15, 0.2) is 0 Å². The van der Waals surface area contributed by atoms with Gasteiger partial charge >= 0.3 is 6.01 Å². The van der Waals surface area contributed by atoms with Crippen LogP contribution in [-0.2, 0) is 0 Å². The molecule has 0 aliphatic heterocycles. The maximum Gasteiger partial charge on any atom is 0.336 e. The lowest BCUT2D eigenvalue weighted by atomic mass is 10.3. The first-order valence-electron chi connectivity index (χ1n) is 6.77. The third kappa shape index (κ3) is 4.20. The maximum absolute atomic E-state index is 5.52. The van der Waals surface area contributed by atoms with Crippen LogP contribution in [0.5, 0.6) is 6.01 Å². The summed E-state index contributed by atoms with van der Waals surface area (Å²) in [5.41, 5.74) is 1.94. The molecule has 1 aromatic carbocycles. The minimum Gasteiger partial charge on any atom is -0.458 e. The standard InChI is InChI=1S/C15H20N4O/c1-3-9-16-10-13(2)11-20-15-17-12-19(18-15)14-7-5-4-6-8-14/h4-8,12,16H,2-3,9-11H2,1H3. The summed E-state index contributed by atoms with van der Waals surface area (Å²) in [5.74, 6) is 0. The largest absolute Gasteiger partial charge is 0.458 e. The smallest absolute Gasteiger partial charge is 0.336 e. The molecule has 0 unspecified atom stereocenters. The number of para-hydroxylation sites is 1. The lowest BCUT2D eigenvalue weighted by molar-refractivity contribution is 0.320. The number of ether oxygens (including phenoxy) is 1. The molecule has 0 radical (unpaired) electrons. The molecule has 1 heterocycles. The molecule has 2 aromatic rings. The van der Waals surface area contributed by atoms with Gasteiger partial charge < -0.3 is 10.1 Å². The van der Waals surface area contributed by atoms with E-state index in [2.05, 4.69) is 28.9 Å². The second-order valence-corrected chi connectivity index (χ2v) is 4.52. The Hall–Kier alpha value is -2.14. The highest BCUT2D eigenvalue weighted by Crippen LogP contribution is 2.08. The summed E-state index contributed by atoms with van der Waals surface area (Å²) < 4.78 is 7.21. The second-order valence-electron chi connectivity index (χ2n) is 4.52. The Kier molecular flexibility index (Phi) is 5.32. The number of benzene rings is 1. The molecule has 0 saturated heterocycles. The predicted octanol–water partition coefficient (Wildman–Crippen LogP) is 2.20. The van der Waals surface area contributed by atoms with E-state index >= 15 is 0 Å². The van der Waals surface area contributed by atoms with Gasteiger partial charge in [-0.2, -0.15) is 4.98 Å². The molecule has 20 heavy (non-hydrogen) atoms. The molecule has 5 heteroatoms. The number of nitrogens with zero attached hydrogens (tertiary/aromatic N) is 3. The molecule has 106 valence electrons. The number of rotatable bonds is 8. The fourth-order valence-corrected chi connectivity index (χ4v) is 1.68. The zero-order valence-corrected chi connectivity index (χ0v) is 11.7. The van der Waals surface area contributed by atoms with Crippen molar-refractivity contribution in [2.45, 2.75) is 13.3 Å². The van der Waals surface area contributed by atoms with Crippen LogP contribution >= 0.6 is 0 Å². The highest BCUT2D eigenvalue weighted by molar-refractivity contribution is 5.29. The quantitative estimate of drug-likeness (QED) is 0.591. The zero-order valence-electron chi connectivity index (χ0n) is 11.7. The summed E-state index contributed by atoms with van der Waals surface area (Å²) in [6.07, 6.45) is 2.75. The van der Waals surface area contributed by atoms with E-state index in [-0.39, 0.29) is 0 Å². The molecule has 0 aliphatic carbocycles. The Morgan fingerprint density at radius 3 is 2.90 bits per heavy atom. The average molecular weight is 272 g/mol. The first-order chi connectivity index (χ1) is 9.79. The van der Waals surface area contributed by atoms with Crippen LogP contribution in [-0.4, -0.2) is 34.5 Å². The highest BCUT2D eigenvalue weighted by Gasteiger charge is 2.04. The van der Waals surface area contributed by atoms with Crippen molar-refractivity contribution in [3.63, 3.8) is 0 Å². The minimum atomic E-state index is 0.366. The molecule has 0 bridgehead atoms. The van der Waals surface area contributed by atoms with Crippen LogP contribution in [0.2, 0.25) is 0 Å². The highest BCUT2D eigenvalue weighted by atomic mass is 16.5. The summed E-state index contributed by atoms with van der Waals surface area (Å²) in [6.45, 7) is 8.26. The third-order valence-electron chi connectivity index (χ3n) is 2.70. The fraction of sp³-hybridized carbons (Fsp3) is 0.333. The van der Waals surface area contributed by atoms with Gasteiger partial charge in [-0.15, -0.1) is 5.10 Å². The van der Waals surface area contributed by atoms with E-state index in [9.17, 15) is 0 Å². The van der Waals surface area contributed by atoms with Crippen molar-refractivity contribution in [1.29, 1.82) is 0 Å². The van der Waals surface area contributed by atoms with Crippen molar-refractivity contribution in [2.24, 2.45) is 0 Å². The van der Waals surface area contributed by atoms with Gasteiger partial charge in [-0.1, -0.05) is 31.7 Å². The molecule has 0 amide bonds. The van der Waals surface area contributed by atoms with Crippen molar-refractivity contribution < 1.29 is 4.74 Å². The van der Waals surface area contributed by atoms with Gasteiger partial charge in [0.25, 0.3) is 0 Å². The van der Waals surface area contributed by atoms with Gasteiger partial charge in [0.1, 0.15) is 12.9 Å². The van der Waals surface area contributed by atoms with Gasteiger partial charge in [-0.3, -0.25) is 0 Å². The van der Waals surface area contributed by atoms with Gasteiger partial charge in [-0.05, 0) is 30.7 Å². The molecular weight excluding hydrogens is 252 g/mol. The van der Waals surface area contributed by atoms with E-state index in [1.165, 1.54) is 0 Å². The summed E-state index contributed by atoms with van der Waals surface area (Å²) in [4.78, 5) is 4.13. The Bertz CT molecular complexity index is 536. The number of nitrogens with one attached hydrogen (secondary N) is 1. The molecule has 2 rings (SSSR count). The summed E-state index contributed by atoms with van der Waals surface area (Å²) in [7, 11) is 0. The number of aromatic nitrogens is 3. The summed E-state index contributed by atoms with van der Waals surface area (Å²) >= 11 is 0. The Morgan fingerprint density at radius 2 is 2.15 bits per heavy atom. The zero-order chi connectivity index (χ0) is 14.2. The van der Waals surface area contributed by atoms with Crippen LogP contribution in [0.3, 0.4) is 0 Å². The first-order valence-corrected chi connectivity index (χ1v) is 6.77. The Balaban J connectivity index is 1.83. The molecule has 5 nitrogen and oxygen atoms in total. The molecule has 0 saturated carbocycles. The van der Waals surface area contributed by atoms with Crippen LogP contribution in [0.4, 0.5) is 0 Å². The van der Waals surface area contributed by atoms with Gasteiger partial charge in [0, 0.05) is 6.54 Å². The second kappa shape index (κ2) is 7.45. The van der Waals surface area contributed by atoms with E-state index in [4.69, 9.17) is 4.74 Å². The fourth-order valence-electron chi connectivity index (χ4n) is 1.68. The lowest BCUT2D eigenvalue weighted by Gasteiger charge is -2.06. The Labute approximate surface area is 119 Å². The maximum atomic E-state index is 5.52. The molecule has 0 aliphatic rings. The lowest BCUT2D eigenvalue weighted by Crippen LogP contribution is -2.20. The minimum absolute atomic E-state index is 0.366. The van der Waals surface area contributed by atoms with E-state index in [1.54, 1.807) is 11.0 Å². The SMILES string of the molecule is C=C(CNCCC)COc1ncn(-c2ccccc2)n1. The topological polar surface area (TPSA) is 52.0 Å². The number of hydrogen-bond acceptors (Lipinski definition) is 4. The number of hydrogen-bond donors (Lipinski definition) is 1. The van der Waals surface area contributed by atoms with E-state index in [0.717, 1.165) is 30.8 Å². The van der Waals surface area contributed by atoms with Crippen LogP contribution in [0, 0.1) is 0 Å². The van der Waals surface area contributed by atoms with Crippen LogP contribution in [0.1, 0.15) is 13.3 Å². The van der Waals surface area contributed by atoms with Crippen LogP contribution < -0.4 is 10.1 Å². The molecule has 0 fully saturated rings. The van der Waals surface area contributed by atoms with E-state index in [0.29, 0.717) is 12.6 Å². The van der Waals surface area contributed by atoms with Crippen LogP contribution in [0.25, 0.3) is 5.69 Å². The predicted molar refractivity (Wildman–Crippen MR) is 79.2 cm³/mol. The van der Waals surface area contributed by atoms with Crippen molar-refractivity contribution in [3.05, 3.63) is 48.8 Å². The van der Waals surface area contributed by atoms with E-state index in [1.807, 2.05) is 30.3 Å². The Morgan fingerprint density at radius 1 is 1.35 bits per heavy atom. The van der Waals surface area contributed by atoms with Crippen molar-refractivity contribution in [1.82, 2.24) is 20.1 Å². The molecule has 0 atom stereocenters. The molecule has 1 N–H and O–H groups in total. The molecule has 0 spiro atoms. The van der Waals surface area contributed by atoms with Crippen LogP contribution in [0.15, 0.2) is 48.8 Å². The normalized spacial score (nSPS) is 10.4. The molecular formula is C15H20N4O. The summed E-state index contributed by atoms with van der Waals surface area (Å²) in [6, 6.07) is 10.2.